The number of carboxylic acids is 1. The minimum atomic E-state index is -0.925. The zero-order valence-electron chi connectivity index (χ0n) is 9.77. The smallest absolute Gasteiger partial charge is 0.310 e. The monoisotopic (exact) mass is 283 g/mol. The van der Waals surface area contributed by atoms with Crippen molar-refractivity contribution in [3.63, 3.8) is 0 Å². The first-order valence-electron chi connectivity index (χ1n) is 5.64. The molecule has 1 aliphatic carbocycles. The van der Waals surface area contributed by atoms with Gasteiger partial charge in [-0.25, -0.2) is 4.39 Å². The van der Waals surface area contributed by atoms with Crippen molar-refractivity contribution in [3.05, 3.63) is 46.8 Å². The molecule has 2 N–H and O–H groups in total. The van der Waals surface area contributed by atoms with Gasteiger partial charge in [-0.3, -0.25) is 9.59 Å². The van der Waals surface area contributed by atoms with Crippen LogP contribution in [0.25, 0.3) is 0 Å². The van der Waals surface area contributed by atoms with Crippen molar-refractivity contribution in [2.24, 2.45) is 5.92 Å². The van der Waals surface area contributed by atoms with E-state index < -0.39 is 23.6 Å². The number of carboxylic acid groups (broad SMARTS) is 1. The molecule has 0 saturated heterocycles. The van der Waals surface area contributed by atoms with Crippen LogP contribution in [0.5, 0.6) is 0 Å². The van der Waals surface area contributed by atoms with Gasteiger partial charge >= 0.3 is 5.97 Å². The summed E-state index contributed by atoms with van der Waals surface area (Å²) in [5, 5.41) is 11.4. The van der Waals surface area contributed by atoms with Gasteiger partial charge in [-0.15, -0.1) is 0 Å². The van der Waals surface area contributed by atoms with Crippen LogP contribution in [0.15, 0.2) is 30.4 Å². The molecule has 19 heavy (non-hydrogen) atoms. The summed E-state index contributed by atoms with van der Waals surface area (Å²) >= 11 is 5.53. The van der Waals surface area contributed by atoms with Crippen molar-refractivity contribution in [2.45, 2.75) is 12.5 Å². The molecule has 100 valence electrons. The Balaban J connectivity index is 2.00. The molecule has 0 fully saturated rings. The van der Waals surface area contributed by atoms with Gasteiger partial charge in [0.2, 0.25) is 0 Å². The molecule has 4 nitrogen and oxygen atoms in total. The highest BCUT2D eigenvalue weighted by atomic mass is 35.5. The highest BCUT2D eigenvalue weighted by Gasteiger charge is 2.25. The molecule has 1 aliphatic rings. The van der Waals surface area contributed by atoms with Gasteiger partial charge in [0.05, 0.1) is 10.9 Å². The Bertz CT molecular complexity index is 559. The van der Waals surface area contributed by atoms with Crippen molar-refractivity contribution >= 4 is 23.5 Å². The minimum Gasteiger partial charge on any atom is -0.481 e. The second-order valence-corrected chi connectivity index (χ2v) is 4.68. The van der Waals surface area contributed by atoms with Gasteiger partial charge in [-0.05, 0) is 24.6 Å². The normalized spacial score (nSPS) is 21.4. The summed E-state index contributed by atoms with van der Waals surface area (Å²) in [7, 11) is 0. The van der Waals surface area contributed by atoms with Crippen molar-refractivity contribution < 1.29 is 19.1 Å². The first kappa shape index (κ1) is 13.5. The maximum Gasteiger partial charge on any atom is 0.310 e. The van der Waals surface area contributed by atoms with Gasteiger partial charge in [0, 0.05) is 11.6 Å². The predicted octanol–water partition coefficient (Wildman–Crippen LogP) is 2.24. The minimum absolute atomic E-state index is 0.0525. The van der Waals surface area contributed by atoms with Crippen LogP contribution in [-0.4, -0.2) is 23.0 Å². The molecule has 0 bridgehead atoms. The number of hydrogen-bond acceptors (Lipinski definition) is 2. The van der Waals surface area contributed by atoms with Gasteiger partial charge in [-0.2, -0.15) is 0 Å². The molecule has 0 aliphatic heterocycles. The van der Waals surface area contributed by atoms with Crippen molar-refractivity contribution in [2.75, 3.05) is 0 Å². The Morgan fingerprint density at radius 1 is 1.37 bits per heavy atom. The third-order valence-electron chi connectivity index (χ3n) is 2.90. The van der Waals surface area contributed by atoms with Crippen LogP contribution in [-0.2, 0) is 4.79 Å². The van der Waals surface area contributed by atoms with Gasteiger partial charge in [0.25, 0.3) is 5.91 Å². The summed E-state index contributed by atoms with van der Waals surface area (Å²) in [6.07, 6.45) is 3.47. The van der Waals surface area contributed by atoms with E-state index in [-0.39, 0.29) is 16.6 Å². The van der Waals surface area contributed by atoms with Crippen molar-refractivity contribution in [3.8, 4) is 0 Å². The summed E-state index contributed by atoms with van der Waals surface area (Å²) in [6.45, 7) is 0. The van der Waals surface area contributed by atoms with Crippen LogP contribution in [0.2, 0.25) is 5.02 Å². The molecule has 1 aromatic rings. The lowest BCUT2D eigenvalue weighted by atomic mass is 10.1. The first-order chi connectivity index (χ1) is 8.97. The fraction of sp³-hybridized carbons (Fsp3) is 0.231. The molecule has 0 spiro atoms. The number of benzene rings is 1. The Labute approximate surface area is 113 Å². The van der Waals surface area contributed by atoms with Gasteiger partial charge < -0.3 is 10.4 Å². The van der Waals surface area contributed by atoms with E-state index in [0.717, 1.165) is 6.07 Å². The first-order valence-corrected chi connectivity index (χ1v) is 6.02. The maximum atomic E-state index is 13.2. The molecule has 1 aromatic carbocycles. The quantitative estimate of drug-likeness (QED) is 0.836. The SMILES string of the molecule is O=C(NC1C=CC(C(=O)O)C1)c1ccc(Cl)c(F)c1. The average molecular weight is 284 g/mol. The Hall–Kier alpha value is -1.88. The number of rotatable bonds is 3. The molecule has 6 heteroatoms. The number of aliphatic carboxylic acids is 1. The van der Waals surface area contributed by atoms with Crippen LogP contribution >= 0.6 is 11.6 Å². The second kappa shape index (κ2) is 5.40. The third-order valence-corrected chi connectivity index (χ3v) is 3.21. The molecular weight excluding hydrogens is 273 g/mol. The highest BCUT2D eigenvalue weighted by Crippen LogP contribution is 2.19. The Morgan fingerprint density at radius 3 is 2.68 bits per heavy atom. The zero-order chi connectivity index (χ0) is 14.0. The van der Waals surface area contributed by atoms with Crippen molar-refractivity contribution in [1.29, 1.82) is 0 Å². The van der Waals surface area contributed by atoms with Gasteiger partial charge in [0.15, 0.2) is 0 Å². The number of hydrogen-bond donors (Lipinski definition) is 2. The number of carbonyl (C=O) groups excluding carboxylic acids is 1. The summed E-state index contributed by atoms with van der Waals surface area (Å²) in [6, 6.07) is 3.41. The molecule has 0 aromatic heterocycles. The summed E-state index contributed by atoms with van der Waals surface area (Å²) in [4.78, 5) is 22.6. The van der Waals surface area contributed by atoms with E-state index in [9.17, 15) is 14.0 Å². The average Bonchev–Trinajstić information content (AvgIpc) is 2.81. The highest BCUT2D eigenvalue weighted by molar-refractivity contribution is 6.30. The lowest BCUT2D eigenvalue weighted by molar-refractivity contribution is -0.140. The largest absolute Gasteiger partial charge is 0.481 e. The van der Waals surface area contributed by atoms with E-state index in [2.05, 4.69) is 5.32 Å². The number of carbonyl (C=O) groups is 2. The van der Waals surface area contributed by atoms with E-state index in [1.807, 2.05) is 0 Å². The topological polar surface area (TPSA) is 66.4 Å². The van der Waals surface area contributed by atoms with Crippen LogP contribution in [0.4, 0.5) is 4.39 Å². The van der Waals surface area contributed by atoms with E-state index >= 15 is 0 Å². The standard InChI is InChI=1S/C13H11ClFNO3/c14-10-4-2-7(6-11(10)15)12(17)16-9-3-1-8(5-9)13(18)19/h1-4,6,8-9H,5H2,(H,16,17)(H,18,19). The number of halogens is 2. The van der Waals surface area contributed by atoms with E-state index in [4.69, 9.17) is 16.7 Å². The Kier molecular flexibility index (Phi) is 3.85. The fourth-order valence-electron chi connectivity index (χ4n) is 1.88. The maximum absolute atomic E-state index is 13.2. The molecule has 1 amide bonds. The lowest BCUT2D eigenvalue weighted by Gasteiger charge is -2.12. The fourth-order valence-corrected chi connectivity index (χ4v) is 2.00. The van der Waals surface area contributed by atoms with Crippen LogP contribution in [0.3, 0.4) is 0 Å². The van der Waals surface area contributed by atoms with Crippen LogP contribution in [0.1, 0.15) is 16.8 Å². The zero-order valence-corrected chi connectivity index (χ0v) is 10.5. The van der Waals surface area contributed by atoms with E-state index in [1.54, 1.807) is 6.08 Å². The molecule has 2 unspecified atom stereocenters. The summed E-state index contributed by atoms with van der Waals surface area (Å²) in [5.74, 6) is -2.64. The van der Waals surface area contributed by atoms with Crippen LogP contribution in [0, 0.1) is 11.7 Å². The van der Waals surface area contributed by atoms with Crippen molar-refractivity contribution in [1.82, 2.24) is 5.32 Å². The molecule has 0 saturated carbocycles. The molecule has 0 heterocycles. The number of nitrogens with one attached hydrogen (secondary N) is 1. The number of amides is 1. The lowest BCUT2D eigenvalue weighted by Crippen LogP contribution is -2.33. The second-order valence-electron chi connectivity index (χ2n) is 4.27. The molecular formula is C13H11ClFNO3. The molecule has 2 atom stereocenters. The van der Waals surface area contributed by atoms with E-state index in [1.165, 1.54) is 18.2 Å². The molecule has 2 rings (SSSR count). The van der Waals surface area contributed by atoms with Gasteiger partial charge in [0.1, 0.15) is 5.82 Å². The third kappa shape index (κ3) is 3.12. The Morgan fingerprint density at radius 2 is 2.11 bits per heavy atom. The predicted molar refractivity (Wildman–Crippen MR) is 67.5 cm³/mol. The van der Waals surface area contributed by atoms with Gasteiger partial charge in [-0.1, -0.05) is 23.8 Å². The molecule has 0 radical (unpaired) electrons. The van der Waals surface area contributed by atoms with Crippen LogP contribution < -0.4 is 5.32 Å². The summed E-state index contributed by atoms with van der Waals surface area (Å²) in [5.41, 5.74) is 0.147. The van der Waals surface area contributed by atoms with E-state index in [0.29, 0.717) is 6.42 Å². The summed E-state index contributed by atoms with van der Waals surface area (Å²) < 4.78 is 13.2.